The first-order chi connectivity index (χ1) is 15.3. The number of guanidine groups is 1. The number of piperidine rings is 1. The molecule has 2 aromatic rings. The van der Waals surface area contributed by atoms with Crippen molar-refractivity contribution in [3.8, 4) is 0 Å². The van der Waals surface area contributed by atoms with E-state index >= 15 is 0 Å². The van der Waals surface area contributed by atoms with Gasteiger partial charge in [-0.3, -0.25) is 19.4 Å². The van der Waals surface area contributed by atoms with Gasteiger partial charge in [0.25, 0.3) is 5.91 Å². The predicted octanol–water partition coefficient (Wildman–Crippen LogP) is 2.36. The molecular weight excluding hydrogens is 471 g/mol. The van der Waals surface area contributed by atoms with Crippen LogP contribution in [0.15, 0.2) is 29.3 Å². The minimum Gasteiger partial charge on any atom is -0.382 e. The third kappa shape index (κ3) is 5.20. The number of amides is 1. The van der Waals surface area contributed by atoms with Crippen molar-refractivity contribution in [3.63, 3.8) is 0 Å². The Morgan fingerprint density at radius 1 is 1.19 bits per heavy atom. The number of aromatic nitrogens is 2. The number of nitrogens with zero attached hydrogens (tertiary/aromatic N) is 4. The van der Waals surface area contributed by atoms with Crippen LogP contribution < -0.4 is 22.1 Å². The average molecular weight is 495 g/mol. The van der Waals surface area contributed by atoms with Crippen molar-refractivity contribution in [1.82, 2.24) is 24.9 Å². The predicted molar refractivity (Wildman–Crippen MR) is 130 cm³/mol. The Labute approximate surface area is 200 Å². The van der Waals surface area contributed by atoms with Crippen LogP contribution in [0.5, 0.6) is 0 Å². The molecule has 0 atom stereocenters. The van der Waals surface area contributed by atoms with Crippen molar-refractivity contribution in [2.75, 3.05) is 36.9 Å². The summed E-state index contributed by atoms with van der Waals surface area (Å²) in [5, 5.41) is 6.84. The Balaban J connectivity index is 1.24. The summed E-state index contributed by atoms with van der Waals surface area (Å²) in [4.78, 5) is 24.8. The van der Waals surface area contributed by atoms with E-state index in [1.54, 1.807) is 0 Å². The van der Waals surface area contributed by atoms with Crippen LogP contribution in [0.2, 0.25) is 10.2 Å². The largest absolute Gasteiger partial charge is 0.382 e. The molecule has 1 fully saturated rings. The van der Waals surface area contributed by atoms with E-state index in [4.69, 9.17) is 34.7 Å². The lowest BCUT2D eigenvalue weighted by molar-refractivity contribution is 0.0971. The molecule has 0 radical (unpaired) electrons. The van der Waals surface area contributed by atoms with Gasteiger partial charge in [-0.15, -0.1) is 0 Å². The molecule has 0 bridgehead atoms. The molecule has 0 saturated carbocycles. The van der Waals surface area contributed by atoms with Crippen LogP contribution in [0.1, 0.15) is 28.9 Å². The lowest BCUT2D eigenvalue weighted by Gasteiger charge is -2.38. The second-order valence-electron chi connectivity index (χ2n) is 7.76. The van der Waals surface area contributed by atoms with E-state index < -0.39 is 5.91 Å². The molecule has 1 spiro atoms. The van der Waals surface area contributed by atoms with Gasteiger partial charge in [0.15, 0.2) is 28.4 Å². The first-order valence-electron chi connectivity index (χ1n) is 10.2. The summed E-state index contributed by atoms with van der Waals surface area (Å²) in [5.41, 5.74) is 12.3. The highest BCUT2D eigenvalue weighted by atomic mass is 35.5. The number of nitrogens with two attached hydrogens (primary N) is 2. The Hall–Kier alpha value is -2.27. The number of carbonyl (C=O) groups is 1. The summed E-state index contributed by atoms with van der Waals surface area (Å²) in [5.74, 6) is 0.748. The van der Waals surface area contributed by atoms with Crippen molar-refractivity contribution in [2.24, 2.45) is 4.99 Å². The maximum absolute atomic E-state index is 12.5. The zero-order chi connectivity index (χ0) is 22.7. The first-order valence-corrected chi connectivity index (χ1v) is 11.9. The maximum Gasteiger partial charge on any atom is 0.280 e. The number of benzene rings is 1. The highest BCUT2D eigenvalue weighted by molar-refractivity contribution is 7.97. The average Bonchev–Trinajstić information content (AvgIpc) is 3.15. The summed E-state index contributed by atoms with van der Waals surface area (Å²) in [7, 11) is 0. The number of nitrogen functional groups attached to an aromatic ring is 2. The number of carbonyl (C=O) groups excluding carboxylic acids is 1. The topological polar surface area (TPSA) is 135 Å². The smallest absolute Gasteiger partial charge is 0.280 e. The van der Waals surface area contributed by atoms with Gasteiger partial charge >= 0.3 is 0 Å². The molecule has 1 aromatic carbocycles. The summed E-state index contributed by atoms with van der Waals surface area (Å²) in [6.07, 6.45) is 2.78. The van der Waals surface area contributed by atoms with Crippen LogP contribution in [0, 0.1) is 0 Å². The normalized spacial score (nSPS) is 17.8. The van der Waals surface area contributed by atoms with Gasteiger partial charge in [-0.2, -0.15) is 0 Å². The lowest BCUT2D eigenvalue weighted by atomic mass is 9.89. The number of anilines is 2. The Bertz CT molecular complexity index is 1040. The van der Waals surface area contributed by atoms with Gasteiger partial charge in [0.2, 0.25) is 0 Å². The molecule has 170 valence electrons. The van der Waals surface area contributed by atoms with Crippen molar-refractivity contribution in [1.29, 1.82) is 0 Å². The molecule has 2 aliphatic rings. The van der Waals surface area contributed by atoms with Gasteiger partial charge in [-0.05, 0) is 30.9 Å². The second kappa shape index (κ2) is 9.70. The highest BCUT2D eigenvalue weighted by Gasteiger charge is 2.39. The van der Waals surface area contributed by atoms with Gasteiger partial charge in [0, 0.05) is 23.9 Å². The lowest BCUT2D eigenvalue weighted by Crippen LogP contribution is -2.55. The maximum atomic E-state index is 12.5. The summed E-state index contributed by atoms with van der Waals surface area (Å²) in [6, 6.07) is 7.96. The fraction of sp³-hybridized carbons (Fsp3) is 0.400. The van der Waals surface area contributed by atoms with E-state index in [2.05, 4.69) is 36.0 Å². The SMILES string of the molecule is Nc1nc(N)c(C(=O)NC2=NCC3(CCN(SCCc4ccccc4Cl)CC3)N2)nc1Cl. The van der Waals surface area contributed by atoms with Crippen LogP contribution in [0.25, 0.3) is 0 Å². The molecule has 32 heavy (non-hydrogen) atoms. The fourth-order valence-electron chi connectivity index (χ4n) is 3.72. The molecular formula is C20H24Cl2N8OS. The Morgan fingerprint density at radius 3 is 2.69 bits per heavy atom. The van der Waals surface area contributed by atoms with Gasteiger partial charge in [-0.25, -0.2) is 9.97 Å². The van der Waals surface area contributed by atoms with E-state index in [1.807, 2.05) is 30.1 Å². The van der Waals surface area contributed by atoms with Crippen LogP contribution >= 0.6 is 35.1 Å². The minimum atomic E-state index is -0.534. The van der Waals surface area contributed by atoms with E-state index in [-0.39, 0.29) is 28.0 Å². The monoisotopic (exact) mass is 494 g/mol. The number of hydrogen-bond acceptors (Lipinski definition) is 9. The van der Waals surface area contributed by atoms with Crippen LogP contribution in [-0.4, -0.2) is 57.1 Å². The second-order valence-corrected chi connectivity index (χ2v) is 9.71. The fourth-order valence-corrected chi connectivity index (χ4v) is 5.09. The molecule has 1 aromatic heterocycles. The Morgan fingerprint density at radius 2 is 1.94 bits per heavy atom. The molecule has 0 aliphatic carbocycles. The number of halogens is 2. The van der Waals surface area contributed by atoms with E-state index in [1.165, 1.54) is 5.56 Å². The zero-order valence-electron chi connectivity index (χ0n) is 17.3. The molecule has 12 heteroatoms. The number of rotatable bonds is 5. The standard InChI is InChI=1S/C20H24Cl2N8OS/c21-13-4-2-1-3-12(13)5-10-32-30-8-6-20(7-9-30)11-25-19(29-20)28-18(31)14-16(23)27-17(24)15(22)26-14/h1-4H,5-11H2,(H4,23,24,27)(H2,25,28,29,31). The molecule has 3 heterocycles. The Kier molecular flexibility index (Phi) is 6.94. The third-order valence-electron chi connectivity index (χ3n) is 5.56. The van der Waals surface area contributed by atoms with Crippen molar-refractivity contribution < 1.29 is 4.79 Å². The van der Waals surface area contributed by atoms with E-state index in [9.17, 15) is 4.79 Å². The highest BCUT2D eigenvalue weighted by Crippen LogP contribution is 2.29. The zero-order valence-corrected chi connectivity index (χ0v) is 19.6. The van der Waals surface area contributed by atoms with Crippen LogP contribution in [-0.2, 0) is 6.42 Å². The summed E-state index contributed by atoms with van der Waals surface area (Å²) < 4.78 is 2.38. The van der Waals surface area contributed by atoms with Crippen LogP contribution in [0.4, 0.5) is 11.6 Å². The van der Waals surface area contributed by atoms with Crippen molar-refractivity contribution in [2.45, 2.75) is 24.8 Å². The van der Waals surface area contributed by atoms with Crippen molar-refractivity contribution >= 4 is 58.7 Å². The first kappa shape index (κ1) is 22.9. The molecule has 1 saturated heterocycles. The van der Waals surface area contributed by atoms with E-state index in [0.29, 0.717) is 12.5 Å². The van der Waals surface area contributed by atoms with E-state index in [0.717, 1.165) is 43.1 Å². The molecule has 1 amide bonds. The number of nitrogens with one attached hydrogen (secondary N) is 2. The summed E-state index contributed by atoms with van der Waals surface area (Å²) >= 11 is 13.9. The number of hydrogen-bond donors (Lipinski definition) is 4. The van der Waals surface area contributed by atoms with Crippen LogP contribution in [0.3, 0.4) is 0 Å². The van der Waals surface area contributed by atoms with Gasteiger partial charge in [0.1, 0.15) is 0 Å². The molecule has 2 aliphatic heterocycles. The third-order valence-corrected chi connectivity index (χ3v) is 7.32. The minimum absolute atomic E-state index is 0.0208. The molecule has 9 nitrogen and oxygen atoms in total. The van der Waals surface area contributed by atoms with Gasteiger partial charge < -0.3 is 16.8 Å². The molecule has 4 rings (SSSR count). The molecule has 6 N–H and O–H groups in total. The summed E-state index contributed by atoms with van der Waals surface area (Å²) in [6.45, 7) is 2.47. The van der Waals surface area contributed by atoms with Gasteiger partial charge in [-0.1, -0.05) is 53.3 Å². The quantitative estimate of drug-likeness (QED) is 0.465. The molecule has 0 unspecified atom stereocenters. The van der Waals surface area contributed by atoms with Gasteiger partial charge in [0.05, 0.1) is 12.1 Å². The number of aliphatic imine (C=N–C) groups is 1. The number of aryl methyl sites for hydroxylation is 1. The van der Waals surface area contributed by atoms with Crippen molar-refractivity contribution in [3.05, 3.63) is 45.7 Å².